The van der Waals surface area contributed by atoms with E-state index in [2.05, 4.69) is 15.6 Å². The molecular formula is C19H17N3O2. The number of hydrogen-bond donors (Lipinski definition) is 3. The molecule has 0 radical (unpaired) electrons. The Morgan fingerprint density at radius 3 is 2.21 bits per heavy atom. The van der Waals surface area contributed by atoms with E-state index in [0.717, 1.165) is 11.4 Å². The Morgan fingerprint density at radius 1 is 0.875 bits per heavy atom. The second-order valence-corrected chi connectivity index (χ2v) is 5.25. The fourth-order valence-electron chi connectivity index (χ4n) is 2.22. The Morgan fingerprint density at radius 2 is 1.54 bits per heavy atom. The lowest BCUT2D eigenvalue weighted by molar-refractivity contribution is -0.124. The van der Waals surface area contributed by atoms with Gasteiger partial charge in [-0.2, -0.15) is 0 Å². The topological polar surface area (TPSA) is 74.2 Å². The third-order valence-electron chi connectivity index (χ3n) is 3.46. The Kier molecular flexibility index (Phi) is 4.84. The lowest BCUT2D eigenvalue weighted by Crippen LogP contribution is -2.20. The number of aromatic nitrogens is 1. The number of aliphatic hydroxyl groups is 1. The number of pyridine rings is 1. The number of para-hydroxylation sites is 1. The van der Waals surface area contributed by atoms with Gasteiger partial charge in [-0.05, 0) is 42.5 Å². The molecule has 5 nitrogen and oxygen atoms in total. The number of benzene rings is 2. The lowest BCUT2D eigenvalue weighted by atomic mass is 10.1. The predicted octanol–water partition coefficient (Wildman–Crippen LogP) is 3.50. The van der Waals surface area contributed by atoms with Crippen molar-refractivity contribution in [1.29, 1.82) is 0 Å². The summed E-state index contributed by atoms with van der Waals surface area (Å²) in [6.45, 7) is 0. The Bertz CT molecular complexity index is 790. The molecule has 1 aromatic heterocycles. The van der Waals surface area contributed by atoms with E-state index in [1.54, 1.807) is 30.5 Å². The smallest absolute Gasteiger partial charge is 0.257 e. The maximum atomic E-state index is 12.1. The normalized spacial score (nSPS) is 11.5. The van der Waals surface area contributed by atoms with Gasteiger partial charge in [0, 0.05) is 35.0 Å². The van der Waals surface area contributed by atoms with Gasteiger partial charge in [0.05, 0.1) is 0 Å². The zero-order valence-electron chi connectivity index (χ0n) is 12.9. The lowest BCUT2D eigenvalue weighted by Gasteiger charge is -2.12. The highest BCUT2D eigenvalue weighted by atomic mass is 16.3. The van der Waals surface area contributed by atoms with Gasteiger partial charge in [0.15, 0.2) is 6.10 Å². The van der Waals surface area contributed by atoms with Crippen LogP contribution in [0.4, 0.5) is 17.1 Å². The third-order valence-corrected chi connectivity index (χ3v) is 3.46. The maximum absolute atomic E-state index is 12.1. The largest absolute Gasteiger partial charge is 0.378 e. The zero-order chi connectivity index (χ0) is 16.8. The van der Waals surface area contributed by atoms with E-state index in [1.165, 1.54) is 6.20 Å². The van der Waals surface area contributed by atoms with Crippen LogP contribution in [-0.2, 0) is 4.79 Å². The fraction of sp³-hybridized carbons (Fsp3) is 0.0526. The number of carbonyl (C=O) groups is 1. The molecule has 24 heavy (non-hydrogen) atoms. The molecule has 1 amide bonds. The summed E-state index contributed by atoms with van der Waals surface area (Å²) in [5.41, 5.74) is 2.97. The molecule has 3 aromatic rings. The first-order valence-corrected chi connectivity index (χ1v) is 7.53. The number of amides is 1. The van der Waals surface area contributed by atoms with Crippen LogP contribution in [0.15, 0.2) is 79.1 Å². The molecule has 1 heterocycles. The summed E-state index contributed by atoms with van der Waals surface area (Å²) < 4.78 is 0. The number of nitrogens with one attached hydrogen (secondary N) is 2. The number of anilines is 3. The van der Waals surface area contributed by atoms with E-state index in [-0.39, 0.29) is 0 Å². The first-order valence-electron chi connectivity index (χ1n) is 7.53. The second kappa shape index (κ2) is 7.39. The van der Waals surface area contributed by atoms with Crippen molar-refractivity contribution in [1.82, 2.24) is 4.98 Å². The molecule has 0 saturated heterocycles. The highest BCUT2D eigenvalue weighted by Crippen LogP contribution is 2.20. The predicted molar refractivity (Wildman–Crippen MR) is 94.0 cm³/mol. The van der Waals surface area contributed by atoms with Crippen molar-refractivity contribution in [3.63, 3.8) is 0 Å². The highest BCUT2D eigenvalue weighted by Gasteiger charge is 2.17. The number of carbonyl (C=O) groups excluding carboxylic acids is 1. The second-order valence-electron chi connectivity index (χ2n) is 5.25. The van der Waals surface area contributed by atoms with Crippen molar-refractivity contribution in [2.24, 2.45) is 0 Å². The summed E-state index contributed by atoms with van der Waals surface area (Å²) in [6, 6.07) is 20.4. The molecule has 120 valence electrons. The van der Waals surface area contributed by atoms with Crippen LogP contribution in [0.25, 0.3) is 0 Å². The van der Waals surface area contributed by atoms with Gasteiger partial charge in [0.25, 0.3) is 5.91 Å². The van der Waals surface area contributed by atoms with Crippen LogP contribution >= 0.6 is 0 Å². The molecule has 1 unspecified atom stereocenters. The summed E-state index contributed by atoms with van der Waals surface area (Å²) >= 11 is 0. The zero-order valence-corrected chi connectivity index (χ0v) is 12.9. The Labute approximate surface area is 140 Å². The minimum Gasteiger partial charge on any atom is -0.378 e. The Balaban J connectivity index is 1.62. The van der Waals surface area contributed by atoms with E-state index in [1.807, 2.05) is 42.5 Å². The molecule has 1 atom stereocenters. The Hall–Kier alpha value is -3.18. The van der Waals surface area contributed by atoms with E-state index < -0.39 is 12.0 Å². The molecule has 0 spiro atoms. The van der Waals surface area contributed by atoms with Gasteiger partial charge < -0.3 is 15.7 Å². The van der Waals surface area contributed by atoms with Crippen molar-refractivity contribution < 1.29 is 9.90 Å². The van der Waals surface area contributed by atoms with E-state index in [9.17, 15) is 9.90 Å². The van der Waals surface area contributed by atoms with E-state index in [0.29, 0.717) is 11.3 Å². The standard InChI is InChI=1S/C19H17N3O2/c23-18(14-5-4-12-20-13-14)19(24)22-17-10-8-16(9-11-17)21-15-6-2-1-3-7-15/h1-13,18,21,23H,(H,22,24). The molecule has 0 fully saturated rings. The molecule has 2 aromatic carbocycles. The molecule has 0 aliphatic heterocycles. The number of hydrogen-bond acceptors (Lipinski definition) is 4. The summed E-state index contributed by atoms with van der Waals surface area (Å²) in [6.07, 6.45) is 1.81. The number of nitrogens with zero attached hydrogens (tertiary/aromatic N) is 1. The van der Waals surface area contributed by atoms with Gasteiger partial charge in [-0.1, -0.05) is 24.3 Å². The van der Waals surface area contributed by atoms with Crippen LogP contribution < -0.4 is 10.6 Å². The van der Waals surface area contributed by atoms with Gasteiger partial charge in [0.2, 0.25) is 0 Å². The average Bonchev–Trinajstić information content (AvgIpc) is 2.64. The average molecular weight is 319 g/mol. The van der Waals surface area contributed by atoms with Gasteiger partial charge in [-0.25, -0.2) is 0 Å². The van der Waals surface area contributed by atoms with Crippen LogP contribution in [0.5, 0.6) is 0 Å². The van der Waals surface area contributed by atoms with Crippen molar-refractivity contribution in [3.8, 4) is 0 Å². The molecular weight excluding hydrogens is 302 g/mol. The molecule has 0 saturated carbocycles. The third kappa shape index (κ3) is 3.97. The molecule has 0 aliphatic carbocycles. The van der Waals surface area contributed by atoms with Crippen molar-refractivity contribution in [3.05, 3.63) is 84.7 Å². The van der Waals surface area contributed by atoms with Crippen molar-refractivity contribution in [2.75, 3.05) is 10.6 Å². The fourth-order valence-corrected chi connectivity index (χ4v) is 2.22. The minimum atomic E-state index is -1.25. The van der Waals surface area contributed by atoms with E-state index in [4.69, 9.17) is 0 Å². The number of aliphatic hydroxyl groups excluding tert-OH is 1. The monoisotopic (exact) mass is 319 g/mol. The number of rotatable bonds is 5. The highest BCUT2D eigenvalue weighted by molar-refractivity contribution is 5.94. The molecule has 3 rings (SSSR count). The summed E-state index contributed by atoms with van der Waals surface area (Å²) in [5.74, 6) is -0.494. The first kappa shape index (κ1) is 15.7. The molecule has 5 heteroatoms. The minimum absolute atomic E-state index is 0.456. The van der Waals surface area contributed by atoms with Crippen LogP contribution in [0.2, 0.25) is 0 Å². The summed E-state index contributed by atoms with van der Waals surface area (Å²) in [5, 5.41) is 16.0. The molecule has 0 bridgehead atoms. The first-order chi connectivity index (χ1) is 11.7. The van der Waals surface area contributed by atoms with Gasteiger partial charge in [-0.15, -0.1) is 0 Å². The van der Waals surface area contributed by atoms with Gasteiger partial charge >= 0.3 is 0 Å². The maximum Gasteiger partial charge on any atom is 0.257 e. The van der Waals surface area contributed by atoms with Crippen LogP contribution in [0.1, 0.15) is 11.7 Å². The van der Waals surface area contributed by atoms with Crippen LogP contribution in [-0.4, -0.2) is 16.0 Å². The van der Waals surface area contributed by atoms with E-state index >= 15 is 0 Å². The summed E-state index contributed by atoms with van der Waals surface area (Å²) in [7, 11) is 0. The summed E-state index contributed by atoms with van der Waals surface area (Å²) in [4.78, 5) is 16.0. The quantitative estimate of drug-likeness (QED) is 0.673. The SMILES string of the molecule is O=C(Nc1ccc(Nc2ccccc2)cc1)C(O)c1cccnc1. The molecule has 0 aliphatic rings. The molecule has 3 N–H and O–H groups in total. The van der Waals surface area contributed by atoms with Gasteiger partial charge in [-0.3, -0.25) is 9.78 Å². The van der Waals surface area contributed by atoms with Crippen LogP contribution in [0.3, 0.4) is 0 Å². The van der Waals surface area contributed by atoms with Crippen LogP contribution in [0, 0.1) is 0 Å². The van der Waals surface area contributed by atoms with Gasteiger partial charge in [0.1, 0.15) is 0 Å². The van der Waals surface area contributed by atoms with Crippen molar-refractivity contribution >= 4 is 23.0 Å². The van der Waals surface area contributed by atoms with Crippen molar-refractivity contribution in [2.45, 2.75) is 6.10 Å².